The normalized spacial score (nSPS) is 16.4. The second-order valence-corrected chi connectivity index (χ2v) is 5.39. The zero-order valence-corrected chi connectivity index (χ0v) is 10.7. The minimum Gasteiger partial charge on any atom is -0.375 e. The topological polar surface area (TPSA) is 46.2 Å². The van der Waals surface area contributed by atoms with Gasteiger partial charge in [-0.3, -0.25) is 0 Å². The van der Waals surface area contributed by atoms with E-state index in [1.807, 2.05) is 20.8 Å². The zero-order chi connectivity index (χ0) is 14.2. The lowest BCUT2D eigenvalue weighted by Gasteiger charge is -2.30. The number of halogens is 3. The SMILES string of the molecule is CC(C)(C)c1ccc(C(O)(CN)C(F)(F)F)cc1. The van der Waals surface area contributed by atoms with Gasteiger partial charge in [0.2, 0.25) is 0 Å². The van der Waals surface area contributed by atoms with Crippen LogP contribution in [0.3, 0.4) is 0 Å². The van der Waals surface area contributed by atoms with Gasteiger partial charge in [0.05, 0.1) is 0 Å². The molecule has 0 saturated carbocycles. The fraction of sp³-hybridized carbons (Fsp3) is 0.538. The van der Waals surface area contributed by atoms with Crippen LogP contribution in [0.25, 0.3) is 0 Å². The van der Waals surface area contributed by atoms with Gasteiger partial charge in [0.25, 0.3) is 0 Å². The third kappa shape index (κ3) is 2.67. The van der Waals surface area contributed by atoms with Crippen molar-refractivity contribution in [3.8, 4) is 0 Å². The maximum Gasteiger partial charge on any atom is 0.422 e. The monoisotopic (exact) mass is 261 g/mol. The predicted octanol–water partition coefficient (Wildman–Crippen LogP) is 2.69. The van der Waals surface area contributed by atoms with E-state index in [9.17, 15) is 18.3 Å². The third-order valence-corrected chi connectivity index (χ3v) is 2.99. The first-order valence-corrected chi connectivity index (χ1v) is 5.62. The first-order valence-electron chi connectivity index (χ1n) is 5.62. The van der Waals surface area contributed by atoms with E-state index >= 15 is 0 Å². The highest BCUT2D eigenvalue weighted by molar-refractivity contribution is 5.32. The first kappa shape index (κ1) is 15.0. The van der Waals surface area contributed by atoms with E-state index < -0.39 is 18.3 Å². The second-order valence-electron chi connectivity index (χ2n) is 5.39. The molecular weight excluding hydrogens is 243 g/mol. The summed E-state index contributed by atoms with van der Waals surface area (Å²) in [6, 6.07) is 5.73. The van der Waals surface area contributed by atoms with Crippen LogP contribution in [0.1, 0.15) is 31.9 Å². The number of nitrogens with two attached hydrogens (primary N) is 1. The van der Waals surface area contributed by atoms with Gasteiger partial charge in [-0.1, -0.05) is 45.0 Å². The first-order chi connectivity index (χ1) is 8.02. The van der Waals surface area contributed by atoms with Gasteiger partial charge < -0.3 is 10.8 Å². The van der Waals surface area contributed by atoms with Crippen molar-refractivity contribution >= 4 is 0 Å². The number of alkyl halides is 3. The highest BCUT2D eigenvalue weighted by atomic mass is 19.4. The average Bonchev–Trinajstić information content (AvgIpc) is 2.25. The maximum atomic E-state index is 12.8. The molecule has 0 fully saturated rings. The van der Waals surface area contributed by atoms with Gasteiger partial charge in [-0.2, -0.15) is 13.2 Å². The quantitative estimate of drug-likeness (QED) is 0.859. The molecule has 3 N–H and O–H groups in total. The molecule has 2 nitrogen and oxygen atoms in total. The van der Waals surface area contributed by atoms with Crippen LogP contribution >= 0.6 is 0 Å². The van der Waals surface area contributed by atoms with Gasteiger partial charge in [0.15, 0.2) is 5.60 Å². The molecular formula is C13H18F3NO. The average molecular weight is 261 g/mol. The predicted molar refractivity (Wildman–Crippen MR) is 64.1 cm³/mol. The Balaban J connectivity index is 3.19. The van der Waals surface area contributed by atoms with Crippen LogP contribution in [-0.2, 0) is 11.0 Å². The van der Waals surface area contributed by atoms with E-state index in [0.29, 0.717) is 0 Å². The molecule has 0 amide bonds. The number of benzene rings is 1. The van der Waals surface area contributed by atoms with Crippen molar-refractivity contribution in [1.82, 2.24) is 0 Å². The molecule has 0 spiro atoms. The van der Waals surface area contributed by atoms with E-state index in [1.54, 1.807) is 12.1 Å². The summed E-state index contributed by atoms with van der Waals surface area (Å²) in [6.07, 6.45) is -4.79. The molecule has 0 aliphatic rings. The van der Waals surface area contributed by atoms with Crippen LogP contribution in [0.15, 0.2) is 24.3 Å². The molecule has 1 atom stereocenters. The smallest absolute Gasteiger partial charge is 0.375 e. The van der Waals surface area contributed by atoms with Crippen molar-refractivity contribution < 1.29 is 18.3 Å². The summed E-state index contributed by atoms with van der Waals surface area (Å²) in [4.78, 5) is 0. The largest absolute Gasteiger partial charge is 0.422 e. The van der Waals surface area contributed by atoms with Crippen LogP contribution in [0.2, 0.25) is 0 Å². The molecule has 18 heavy (non-hydrogen) atoms. The van der Waals surface area contributed by atoms with Crippen LogP contribution in [0.5, 0.6) is 0 Å². The molecule has 0 radical (unpaired) electrons. The van der Waals surface area contributed by atoms with E-state index in [-0.39, 0.29) is 11.0 Å². The van der Waals surface area contributed by atoms with Crippen LogP contribution < -0.4 is 5.73 Å². The lowest BCUT2D eigenvalue weighted by Crippen LogP contribution is -2.48. The molecule has 0 aliphatic heterocycles. The van der Waals surface area contributed by atoms with Crippen molar-refractivity contribution in [3.05, 3.63) is 35.4 Å². The Morgan fingerprint density at radius 2 is 1.39 bits per heavy atom. The molecule has 1 rings (SSSR count). The Labute approximate surface area is 105 Å². The van der Waals surface area contributed by atoms with Gasteiger partial charge in [-0.05, 0) is 16.5 Å². The van der Waals surface area contributed by atoms with E-state index in [0.717, 1.165) is 5.56 Å². The Hall–Kier alpha value is -1.07. The van der Waals surface area contributed by atoms with Crippen molar-refractivity contribution in [2.24, 2.45) is 5.73 Å². The van der Waals surface area contributed by atoms with E-state index in [2.05, 4.69) is 0 Å². The molecule has 5 heteroatoms. The summed E-state index contributed by atoms with van der Waals surface area (Å²) < 4.78 is 38.4. The van der Waals surface area contributed by atoms with Crippen molar-refractivity contribution in [2.75, 3.05) is 6.54 Å². The molecule has 0 bridgehead atoms. The molecule has 102 valence electrons. The van der Waals surface area contributed by atoms with Crippen LogP contribution in [0, 0.1) is 0 Å². The van der Waals surface area contributed by atoms with Gasteiger partial charge in [-0.25, -0.2) is 0 Å². The Morgan fingerprint density at radius 1 is 1.00 bits per heavy atom. The van der Waals surface area contributed by atoms with Gasteiger partial charge in [-0.15, -0.1) is 0 Å². The summed E-state index contributed by atoms with van der Waals surface area (Å²) >= 11 is 0. The second kappa shape index (κ2) is 4.55. The Morgan fingerprint density at radius 3 is 1.67 bits per heavy atom. The minimum atomic E-state index is -4.79. The molecule has 1 aromatic carbocycles. The lowest BCUT2D eigenvalue weighted by molar-refractivity contribution is -0.262. The number of hydrogen-bond acceptors (Lipinski definition) is 2. The third-order valence-electron chi connectivity index (χ3n) is 2.99. The number of aliphatic hydroxyl groups is 1. The minimum absolute atomic E-state index is 0.155. The lowest BCUT2D eigenvalue weighted by atomic mass is 9.84. The molecule has 1 aromatic rings. The fourth-order valence-corrected chi connectivity index (χ4v) is 1.64. The van der Waals surface area contributed by atoms with Crippen LogP contribution in [0.4, 0.5) is 13.2 Å². The summed E-state index contributed by atoms with van der Waals surface area (Å²) in [5.74, 6) is 0. The summed E-state index contributed by atoms with van der Waals surface area (Å²) in [5, 5.41) is 9.67. The highest BCUT2D eigenvalue weighted by Crippen LogP contribution is 2.38. The number of rotatable bonds is 2. The van der Waals surface area contributed by atoms with E-state index in [1.165, 1.54) is 12.1 Å². The Bertz CT molecular complexity index is 406. The fourth-order valence-electron chi connectivity index (χ4n) is 1.64. The summed E-state index contributed by atoms with van der Waals surface area (Å²) in [6.45, 7) is 4.98. The number of hydrogen-bond donors (Lipinski definition) is 2. The Kier molecular flexibility index (Phi) is 3.79. The van der Waals surface area contributed by atoms with Crippen molar-refractivity contribution in [2.45, 2.75) is 38.0 Å². The van der Waals surface area contributed by atoms with Gasteiger partial charge in [0, 0.05) is 6.54 Å². The van der Waals surface area contributed by atoms with Gasteiger partial charge in [0.1, 0.15) is 0 Å². The summed E-state index contributed by atoms with van der Waals surface area (Å²) in [5.41, 5.74) is 2.61. The summed E-state index contributed by atoms with van der Waals surface area (Å²) in [7, 11) is 0. The van der Waals surface area contributed by atoms with E-state index in [4.69, 9.17) is 5.73 Å². The molecule has 0 aromatic heterocycles. The standard InChI is InChI=1S/C13H18F3NO/c1-11(2,3)9-4-6-10(7-5-9)12(18,8-17)13(14,15)16/h4-7,18H,8,17H2,1-3H3. The molecule has 1 unspecified atom stereocenters. The van der Waals surface area contributed by atoms with Crippen molar-refractivity contribution in [3.63, 3.8) is 0 Å². The van der Waals surface area contributed by atoms with Crippen molar-refractivity contribution in [1.29, 1.82) is 0 Å². The highest BCUT2D eigenvalue weighted by Gasteiger charge is 2.54. The molecule has 0 heterocycles. The molecule has 0 saturated heterocycles. The van der Waals surface area contributed by atoms with Crippen LogP contribution in [-0.4, -0.2) is 17.8 Å². The van der Waals surface area contributed by atoms with Gasteiger partial charge >= 0.3 is 6.18 Å². The zero-order valence-electron chi connectivity index (χ0n) is 10.7. The molecule has 0 aliphatic carbocycles. The maximum absolute atomic E-state index is 12.8.